The molecule has 1 atom stereocenters. The van der Waals surface area contributed by atoms with E-state index in [-0.39, 0.29) is 11.5 Å². The minimum atomic E-state index is 0.128. The van der Waals surface area contributed by atoms with E-state index < -0.39 is 0 Å². The van der Waals surface area contributed by atoms with Gasteiger partial charge in [-0.25, -0.2) is 4.98 Å². The molecule has 0 spiro atoms. The van der Waals surface area contributed by atoms with Crippen molar-refractivity contribution in [2.24, 2.45) is 18.2 Å². The fraction of sp³-hybridized carbons (Fsp3) is 0.700. The third-order valence-corrected chi connectivity index (χ3v) is 3.21. The number of hydrogen-bond acceptors (Lipinski definition) is 2. The van der Waals surface area contributed by atoms with Crippen LogP contribution in [0.1, 0.15) is 37.7 Å². The van der Waals surface area contributed by atoms with E-state index in [9.17, 15) is 0 Å². The molecular weight excluding hydrogens is 162 g/mol. The van der Waals surface area contributed by atoms with Crippen LogP contribution in [0.15, 0.2) is 6.33 Å². The van der Waals surface area contributed by atoms with E-state index in [0.717, 1.165) is 12.8 Å². The van der Waals surface area contributed by atoms with E-state index in [2.05, 4.69) is 23.4 Å². The smallest absolute Gasteiger partial charge is 0.0949 e. The van der Waals surface area contributed by atoms with Crippen LogP contribution in [-0.4, -0.2) is 9.55 Å². The van der Waals surface area contributed by atoms with Gasteiger partial charge in [0.05, 0.1) is 23.8 Å². The van der Waals surface area contributed by atoms with Crippen LogP contribution >= 0.6 is 0 Å². The molecule has 1 aliphatic rings. The number of aromatic nitrogens is 2. The third-order valence-electron chi connectivity index (χ3n) is 3.21. The standard InChI is InChI=1S/C10H17N3/c1-10(2)5-4-7-8(9(10)11)13(3)6-12-7/h6,9H,4-5,11H2,1-3H3. The first-order chi connectivity index (χ1) is 6.02. The number of nitrogens with two attached hydrogens (primary N) is 1. The predicted molar refractivity (Wildman–Crippen MR) is 52.2 cm³/mol. The van der Waals surface area contributed by atoms with Gasteiger partial charge >= 0.3 is 0 Å². The van der Waals surface area contributed by atoms with Crippen LogP contribution in [0.25, 0.3) is 0 Å². The van der Waals surface area contributed by atoms with Gasteiger partial charge in [-0.15, -0.1) is 0 Å². The molecule has 0 radical (unpaired) electrons. The Hall–Kier alpha value is -0.830. The van der Waals surface area contributed by atoms with Crippen LogP contribution in [0.4, 0.5) is 0 Å². The molecule has 0 bridgehead atoms. The molecule has 0 aliphatic heterocycles. The van der Waals surface area contributed by atoms with Crippen LogP contribution in [0.2, 0.25) is 0 Å². The van der Waals surface area contributed by atoms with Crippen LogP contribution in [0.5, 0.6) is 0 Å². The molecule has 0 saturated heterocycles. The highest BCUT2D eigenvalue weighted by molar-refractivity contribution is 5.23. The SMILES string of the molecule is Cn1cnc2c1C(N)C(C)(C)CC2. The van der Waals surface area contributed by atoms with Crippen molar-refractivity contribution in [2.75, 3.05) is 0 Å². The molecule has 13 heavy (non-hydrogen) atoms. The molecule has 1 unspecified atom stereocenters. The van der Waals surface area contributed by atoms with Crippen molar-refractivity contribution >= 4 is 0 Å². The second-order valence-electron chi connectivity index (χ2n) is 4.65. The van der Waals surface area contributed by atoms with E-state index >= 15 is 0 Å². The van der Waals surface area contributed by atoms with Crippen LogP contribution in [0, 0.1) is 5.41 Å². The lowest BCUT2D eigenvalue weighted by molar-refractivity contribution is 0.240. The Morgan fingerprint density at radius 2 is 2.31 bits per heavy atom. The molecule has 1 heterocycles. The minimum absolute atomic E-state index is 0.128. The first-order valence-corrected chi connectivity index (χ1v) is 4.78. The Balaban J connectivity index is 2.49. The van der Waals surface area contributed by atoms with Gasteiger partial charge in [0.2, 0.25) is 0 Å². The predicted octanol–water partition coefficient (Wildman–Crippen LogP) is 1.39. The summed E-state index contributed by atoms with van der Waals surface area (Å²) in [5.74, 6) is 0. The summed E-state index contributed by atoms with van der Waals surface area (Å²) >= 11 is 0. The summed E-state index contributed by atoms with van der Waals surface area (Å²) in [4.78, 5) is 4.36. The number of nitrogens with zero attached hydrogens (tertiary/aromatic N) is 2. The average Bonchev–Trinajstić information content (AvgIpc) is 2.41. The Kier molecular flexibility index (Phi) is 1.74. The fourth-order valence-corrected chi connectivity index (χ4v) is 2.05. The van der Waals surface area contributed by atoms with Crippen LogP contribution in [-0.2, 0) is 13.5 Å². The largest absolute Gasteiger partial charge is 0.336 e. The topological polar surface area (TPSA) is 43.8 Å². The molecule has 1 aromatic rings. The Labute approximate surface area is 79.0 Å². The zero-order valence-electron chi connectivity index (χ0n) is 8.54. The van der Waals surface area contributed by atoms with Crippen LogP contribution in [0.3, 0.4) is 0 Å². The molecule has 0 amide bonds. The van der Waals surface area contributed by atoms with E-state index in [1.807, 2.05) is 13.4 Å². The van der Waals surface area contributed by atoms with Gasteiger partial charge in [0.15, 0.2) is 0 Å². The third kappa shape index (κ3) is 1.18. The first-order valence-electron chi connectivity index (χ1n) is 4.78. The molecule has 1 aromatic heterocycles. The van der Waals surface area contributed by atoms with Crippen molar-refractivity contribution < 1.29 is 0 Å². The van der Waals surface area contributed by atoms with Crippen LogP contribution < -0.4 is 5.73 Å². The van der Waals surface area contributed by atoms with Gasteiger partial charge < -0.3 is 10.3 Å². The van der Waals surface area contributed by atoms with Crippen molar-refractivity contribution in [3.63, 3.8) is 0 Å². The summed E-state index contributed by atoms with van der Waals surface area (Å²) in [5.41, 5.74) is 8.83. The highest BCUT2D eigenvalue weighted by Gasteiger charge is 2.35. The lowest BCUT2D eigenvalue weighted by Gasteiger charge is -2.36. The van der Waals surface area contributed by atoms with E-state index in [4.69, 9.17) is 5.73 Å². The highest BCUT2D eigenvalue weighted by atomic mass is 15.1. The average molecular weight is 179 g/mol. The molecule has 3 heteroatoms. The molecule has 2 N–H and O–H groups in total. The second kappa shape index (κ2) is 2.58. The summed E-state index contributed by atoms with van der Waals surface area (Å²) in [6.07, 6.45) is 4.07. The molecule has 0 fully saturated rings. The molecule has 2 rings (SSSR count). The van der Waals surface area contributed by atoms with Gasteiger partial charge in [-0.2, -0.15) is 0 Å². The summed E-state index contributed by atoms with van der Waals surface area (Å²) in [5, 5.41) is 0. The molecule has 1 aliphatic carbocycles. The van der Waals surface area contributed by atoms with Crippen molar-refractivity contribution in [3.05, 3.63) is 17.7 Å². The number of fused-ring (bicyclic) bond motifs is 1. The van der Waals surface area contributed by atoms with Gasteiger partial charge in [-0.1, -0.05) is 13.8 Å². The van der Waals surface area contributed by atoms with E-state index in [0.29, 0.717) is 0 Å². The lowest BCUT2D eigenvalue weighted by Crippen LogP contribution is -2.35. The number of hydrogen-bond donors (Lipinski definition) is 1. The number of aryl methyl sites for hydroxylation is 2. The second-order valence-corrected chi connectivity index (χ2v) is 4.65. The maximum Gasteiger partial charge on any atom is 0.0949 e. The molecule has 3 nitrogen and oxygen atoms in total. The van der Waals surface area contributed by atoms with Gasteiger partial charge in [-0.3, -0.25) is 0 Å². The summed E-state index contributed by atoms with van der Waals surface area (Å²) in [6.45, 7) is 4.46. The minimum Gasteiger partial charge on any atom is -0.336 e. The zero-order valence-corrected chi connectivity index (χ0v) is 8.54. The maximum absolute atomic E-state index is 6.21. The summed E-state index contributed by atoms with van der Waals surface area (Å²) in [7, 11) is 2.02. The van der Waals surface area contributed by atoms with E-state index in [1.54, 1.807) is 0 Å². The van der Waals surface area contributed by atoms with E-state index in [1.165, 1.54) is 11.4 Å². The Bertz CT molecular complexity index is 325. The van der Waals surface area contributed by atoms with Gasteiger partial charge in [-0.05, 0) is 18.3 Å². The quantitative estimate of drug-likeness (QED) is 0.654. The monoisotopic (exact) mass is 179 g/mol. The normalized spacial score (nSPS) is 25.7. The molecule has 72 valence electrons. The summed E-state index contributed by atoms with van der Waals surface area (Å²) in [6, 6.07) is 0.128. The van der Waals surface area contributed by atoms with Gasteiger partial charge in [0.25, 0.3) is 0 Å². The van der Waals surface area contributed by atoms with Crippen molar-refractivity contribution in [2.45, 2.75) is 32.7 Å². The maximum atomic E-state index is 6.21. The fourth-order valence-electron chi connectivity index (χ4n) is 2.05. The number of imidazole rings is 1. The zero-order chi connectivity index (χ0) is 9.64. The van der Waals surface area contributed by atoms with Gasteiger partial charge in [0, 0.05) is 7.05 Å². The first kappa shape index (κ1) is 8.75. The van der Waals surface area contributed by atoms with Crippen molar-refractivity contribution in [1.82, 2.24) is 9.55 Å². The Morgan fingerprint density at radius 1 is 1.62 bits per heavy atom. The van der Waals surface area contributed by atoms with Crippen molar-refractivity contribution in [1.29, 1.82) is 0 Å². The molecule has 0 saturated carbocycles. The molecule has 0 aromatic carbocycles. The van der Waals surface area contributed by atoms with Crippen molar-refractivity contribution in [3.8, 4) is 0 Å². The number of rotatable bonds is 0. The van der Waals surface area contributed by atoms with Gasteiger partial charge in [0.1, 0.15) is 0 Å². The summed E-state index contributed by atoms with van der Waals surface area (Å²) < 4.78 is 2.06. The molecular formula is C10H17N3. The lowest BCUT2D eigenvalue weighted by atomic mass is 9.74. The highest BCUT2D eigenvalue weighted by Crippen LogP contribution is 2.40. The Morgan fingerprint density at radius 3 is 3.00 bits per heavy atom.